The van der Waals surface area contributed by atoms with Crippen molar-refractivity contribution in [2.45, 2.75) is 26.4 Å². The van der Waals surface area contributed by atoms with Crippen LogP contribution < -0.4 is 5.32 Å². The Bertz CT molecular complexity index is 273. The van der Waals surface area contributed by atoms with Crippen LogP contribution in [-0.4, -0.2) is 18.1 Å². The fourth-order valence-electron chi connectivity index (χ4n) is 1.40. The minimum Gasteiger partial charge on any atom is -0.309 e. The Balaban J connectivity index is 2.41. The van der Waals surface area contributed by atoms with Gasteiger partial charge in [-0.25, -0.2) is 0 Å². The van der Waals surface area contributed by atoms with Crippen LogP contribution in [-0.2, 0) is 6.54 Å². The number of nitrogens with one attached hydrogen (secondary N) is 1. The smallest absolute Gasteiger partial charge is 0.0210 e. The summed E-state index contributed by atoms with van der Waals surface area (Å²) in [5.41, 5.74) is 2.77. The van der Waals surface area contributed by atoms with E-state index in [9.17, 15) is 0 Å². The average molecular weight is 209 g/mol. The van der Waals surface area contributed by atoms with Crippen LogP contribution >= 0.6 is 11.8 Å². The van der Waals surface area contributed by atoms with E-state index in [4.69, 9.17) is 0 Å². The molecule has 1 N–H and O–H groups in total. The van der Waals surface area contributed by atoms with Crippen LogP contribution in [0.5, 0.6) is 0 Å². The second-order valence-corrected chi connectivity index (χ2v) is 4.57. The molecule has 0 aliphatic carbocycles. The molecule has 0 amide bonds. The van der Waals surface area contributed by atoms with Crippen molar-refractivity contribution in [3.05, 3.63) is 35.4 Å². The summed E-state index contributed by atoms with van der Waals surface area (Å²) in [6, 6.07) is 9.13. The molecule has 14 heavy (non-hydrogen) atoms. The van der Waals surface area contributed by atoms with Crippen LogP contribution in [0, 0.1) is 6.92 Å². The highest BCUT2D eigenvalue weighted by atomic mass is 32.2. The van der Waals surface area contributed by atoms with Gasteiger partial charge in [0, 0.05) is 18.3 Å². The Kier molecular flexibility index (Phi) is 5.05. The molecule has 0 saturated carbocycles. The molecule has 1 aromatic rings. The third-order valence-electron chi connectivity index (χ3n) is 2.32. The molecule has 0 aromatic heterocycles. The van der Waals surface area contributed by atoms with Crippen molar-refractivity contribution in [2.24, 2.45) is 0 Å². The van der Waals surface area contributed by atoms with Crippen LogP contribution in [0.4, 0.5) is 0 Å². The fraction of sp³-hybridized carbons (Fsp3) is 0.500. The van der Waals surface area contributed by atoms with Crippen molar-refractivity contribution in [1.82, 2.24) is 5.32 Å². The minimum absolute atomic E-state index is 0.588. The van der Waals surface area contributed by atoms with Crippen molar-refractivity contribution in [1.29, 1.82) is 0 Å². The molecule has 0 fully saturated rings. The Labute approximate surface area is 91.3 Å². The number of rotatable bonds is 5. The Morgan fingerprint density at radius 2 is 2.07 bits per heavy atom. The summed E-state index contributed by atoms with van der Waals surface area (Å²) in [5.74, 6) is 1.17. The normalized spacial score (nSPS) is 12.8. The van der Waals surface area contributed by atoms with E-state index in [1.54, 1.807) is 0 Å². The number of hydrogen-bond donors (Lipinski definition) is 1. The monoisotopic (exact) mass is 209 g/mol. The molecule has 1 atom stereocenters. The summed E-state index contributed by atoms with van der Waals surface area (Å²) in [5, 5.41) is 3.52. The van der Waals surface area contributed by atoms with Crippen molar-refractivity contribution in [3.63, 3.8) is 0 Å². The summed E-state index contributed by atoms with van der Waals surface area (Å²) in [4.78, 5) is 0. The molecule has 0 aliphatic heterocycles. The molecule has 1 unspecified atom stereocenters. The Morgan fingerprint density at radius 1 is 1.36 bits per heavy atom. The van der Waals surface area contributed by atoms with Gasteiger partial charge in [0.15, 0.2) is 0 Å². The zero-order valence-corrected chi connectivity index (χ0v) is 10.0. The molecule has 0 radical (unpaired) electrons. The molecule has 1 rings (SSSR count). The fourth-order valence-corrected chi connectivity index (χ4v) is 2.02. The van der Waals surface area contributed by atoms with Gasteiger partial charge in [-0.05, 0) is 31.2 Å². The molecule has 0 saturated heterocycles. The van der Waals surface area contributed by atoms with Gasteiger partial charge in [0.2, 0.25) is 0 Å². The second kappa shape index (κ2) is 6.10. The third kappa shape index (κ3) is 3.72. The summed E-state index contributed by atoms with van der Waals surface area (Å²) in [7, 11) is 0. The minimum atomic E-state index is 0.588. The van der Waals surface area contributed by atoms with E-state index in [1.165, 1.54) is 16.9 Å². The van der Waals surface area contributed by atoms with E-state index >= 15 is 0 Å². The SMILES string of the molecule is CSCC(C)NCc1ccccc1C. The van der Waals surface area contributed by atoms with E-state index in [1.807, 2.05) is 11.8 Å². The highest BCUT2D eigenvalue weighted by molar-refractivity contribution is 7.98. The van der Waals surface area contributed by atoms with Gasteiger partial charge in [-0.15, -0.1) is 0 Å². The van der Waals surface area contributed by atoms with E-state index in [0.29, 0.717) is 6.04 Å². The number of benzene rings is 1. The Hall–Kier alpha value is -0.470. The predicted octanol–water partition coefficient (Wildman–Crippen LogP) is 2.84. The van der Waals surface area contributed by atoms with Gasteiger partial charge in [-0.3, -0.25) is 0 Å². The maximum Gasteiger partial charge on any atom is 0.0210 e. The van der Waals surface area contributed by atoms with E-state index in [-0.39, 0.29) is 0 Å². The third-order valence-corrected chi connectivity index (χ3v) is 3.15. The summed E-state index contributed by atoms with van der Waals surface area (Å²) >= 11 is 1.89. The van der Waals surface area contributed by atoms with Crippen LogP contribution in [0.3, 0.4) is 0 Å². The lowest BCUT2D eigenvalue weighted by atomic mass is 10.1. The van der Waals surface area contributed by atoms with Gasteiger partial charge >= 0.3 is 0 Å². The molecule has 0 heterocycles. The quantitative estimate of drug-likeness (QED) is 0.800. The van der Waals surface area contributed by atoms with Crippen molar-refractivity contribution in [2.75, 3.05) is 12.0 Å². The summed E-state index contributed by atoms with van der Waals surface area (Å²) in [6.45, 7) is 5.37. The predicted molar refractivity (Wildman–Crippen MR) is 65.9 cm³/mol. The Morgan fingerprint density at radius 3 is 2.71 bits per heavy atom. The molecular formula is C12H19NS. The van der Waals surface area contributed by atoms with E-state index in [0.717, 1.165) is 6.54 Å². The average Bonchev–Trinajstić information content (AvgIpc) is 2.17. The van der Waals surface area contributed by atoms with Crippen LogP contribution in [0.15, 0.2) is 24.3 Å². The van der Waals surface area contributed by atoms with Gasteiger partial charge < -0.3 is 5.32 Å². The second-order valence-electron chi connectivity index (χ2n) is 3.66. The molecule has 78 valence electrons. The lowest BCUT2D eigenvalue weighted by molar-refractivity contribution is 0.595. The first-order valence-corrected chi connectivity index (χ1v) is 6.40. The zero-order valence-electron chi connectivity index (χ0n) is 9.21. The molecule has 1 nitrogen and oxygen atoms in total. The van der Waals surface area contributed by atoms with Gasteiger partial charge in [-0.1, -0.05) is 24.3 Å². The van der Waals surface area contributed by atoms with Gasteiger partial charge in [0.1, 0.15) is 0 Å². The lowest BCUT2D eigenvalue weighted by Crippen LogP contribution is -2.27. The zero-order chi connectivity index (χ0) is 10.4. The van der Waals surface area contributed by atoms with Crippen LogP contribution in [0.2, 0.25) is 0 Å². The van der Waals surface area contributed by atoms with Crippen LogP contribution in [0.25, 0.3) is 0 Å². The van der Waals surface area contributed by atoms with Crippen molar-refractivity contribution >= 4 is 11.8 Å². The highest BCUT2D eigenvalue weighted by Crippen LogP contribution is 2.07. The number of aryl methyl sites for hydroxylation is 1. The van der Waals surface area contributed by atoms with Crippen molar-refractivity contribution < 1.29 is 0 Å². The molecule has 1 aromatic carbocycles. The maximum absolute atomic E-state index is 3.52. The van der Waals surface area contributed by atoms with Gasteiger partial charge in [0.05, 0.1) is 0 Å². The standard InChI is InChI=1S/C12H19NS/c1-10-6-4-5-7-12(10)8-13-11(2)9-14-3/h4-7,11,13H,8-9H2,1-3H3. The molecule has 0 aliphatic rings. The molecule has 0 bridgehead atoms. The maximum atomic E-state index is 3.52. The first-order valence-electron chi connectivity index (χ1n) is 5.01. The summed E-state index contributed by atoms with van der Waals surface area (Å²) in [6.07, 6.45) is 2.14. The van der Waals surface area contributed by atoms with E-state index < -0.39 is 0 Å². The largest absolute Gasteiger partial charge is 0.309 e. The topological polar surface area (TPSA) is 12.0 Å². The lowest BCUT2D eigenvalue weighted by Gasteiger charge is -2.13. The van der Waals surface area contributed by atoms with E-state index in [2.05, 4.69) is 49.7 Å². The van der Waals surface area contributed by atoms with Gasteiger partial charge in [-0.2, -0.15) is 11.8 Å². The molecular weight excluding hydrogens is 190 g/mol. The first-order chi connectivity index (χ1) is 6.74. The number of hydrogen-bond acceptors (Lipinski definition) is 2. The molecule has 0 spiro atoms. The van der Waals surface area contributed by atoms with Crippen molar-refractivity contribution in [3.8, 4) is 0 Å². The number of thioether (sulfide) groups is 1. The molecule has 2 heteroatoms. The van der Waals surface area contributed by atoms with Crippen LogP contribution in [0.1, 0.15) is 18.1 Å². The summed E-state index contributed by atoms with van der Waals surface area (Å²) < 4.78 is 0. The van der Waals surface area contributed by atoms with Gasteiger partial charge in [0.25, 0.3) is 0 Å². The first kappa shape index (κ1) is 11.6. The highest BCUT2D eigenvalue weighted by Gasteiger charge is 2.01.